The average molecular weight is 181 g/mol. The number of ketones is 1. The number of allylic oxidation sites excluding steroid dienone is 3. The van der Waals surface area contributed by atoms with Gasteiger partial charge in [0.15, 0.2) is 5.78 Å². The SMILES string of the molecule is C=C/C=C(\C(=C)NC)C(C)=O.CC. The summed E-state index contributed by atoms with van der Waals surface area (Å²) in [5.41, 5.74) is 1.19. The first kappa shape index (κ1) is 14.2. The minimum Gasteiger partial charge on any atom is -0.388 e. The predicted octanol–water partition coefficient (Wildman–Crippen LogP) is 2.45. The quantitative estimate of drug-likeness (QED) is 0.533. The maximum atomic E-state index is 10.9. The summed E-state index contributed by atoms with van der Waals surface area (Å²) in [5.74, 6) is -0.00995. The summed E-state index contributed by atoms with van der Waals surface area (Å²) in [5, 5.41) is 2.80. The molecule has 0 atom stereocenters. The molecule has 2 nitrogen and oxygen atoms in total. The Hall–Kier alpha value is -1.31. The van der Waals surface area contributed by atoms with E-state index in [1.165, 1.54) is 6.92 Å². The highest BCUT2D eigenvalue weighted by Gasteiger charge is 2.04. The summed E-state index contributed by atoms with van der Waals surface area (Å²) in [7, 11) is 1.72. The number of nitrogens with one attached hydrogen (secondary N) is 1. The minimum absolute atomic E-state index is 0.00995. The molecule has 0 aliphatic heterocycles. The van der Waals surface area contributed by atoms with Crippen molar-refractivity contribution < 1.29 is 4.79 Å². The highest BCUT2D eigenvalue weighted by atomic mass is 16.1. The first-order chi connectivity index (χ1) is 6.13. The lowest BCUT2D eigenvalue weighted by molar-refractivity contribution is -0.113. The molecular weight excluding hydrogens is 162 g/mol. The van der Waals surface area contributed by atoms with Gasteiger partial charge < -0.3 is 5.32 Å². The van der Waals surface area contributed by atoms with Gasteiger partial charge in [0.05, 0.1) is 0 Å². The molecule has 0 fully saturated rings. The van der Waals surface area contributed by atoms with Crippen molar-refractivity contribution >= 4 is 5.78 Å². The van der Waals surface area contributed by atoms with Crippen LogP contribution in [0.25, 0.3) is 0 Å². The Morgan fingerprint density at radius 2 is 1.85 bits per heavy atom. The second kappa shape index (κ2) is 8.78. The molecule has 0 aliphatic rings. The van der Waals surface area contributed by atoms with Crippen molar-refractivity contribution in [3.05, 3.63) is 36.6 Å². The number of Topliss-reactive ketones (excluding diaryl/α,β-unsaturated/α-hetero) is 1. The smallest absolute Gasteiger partial charge is 0.161 e. The van der Waals surface area contributed by atoms with Gasteiger partial charge in [-0.25, -0.2) is 0 Å². The standard InChI is InChI=1S/C9H13NO.C2H6/c1-5-6-9(8(3)11)7(2)10-4;1-2/h5-6,10H,1-2H2,3-4H3;1-2H3/b9-6+;. The van der Waals surface area contributed by atoms with Gasteiger partial charge in [0.1, 0.15) is 0 Å². The zero-order valence-electron chi connectivity index (χ0n) is 8.98. The molecule has 0 unspecified atom stereocenters. The van der Waals surface area contributed by atoms with Crippen LogP contribution in [-0.4, -0.2) is 12.8 Å². The van der Waals surface area contributed by atoms with Crippen LogP contribution in [0.4, 0.5) is 0 Å². The fourth-order valence-corrected chi connectivity index (χ4v) is 0.683. The first-order valence-electron chi connectivity index (χ1n) is 4.34. The Balaban J connectivity index is 0. The summed E-state index contributed by atoms with van der Waals surface area (Å²) in [6, 6.07) is 0. The van der Waals surface area contributed by atoms with Gasteiger partial charge in [0.2, 0.25) is 0 Å². The van der Waals surface area contributed by atoms with Crippen molar-refractivity contribution in [3.63, 3.8) is 0 Å². The molecule has 0 saturated carbocycles. The summed E-state index contributed by atoms with van der Waals surface area (Å²) in [4.78, 5) is 10.9. The molecule has 0 spiro atoms. The molecule has 0 heterocycles. The van der Waals surface area contributed by atoms with E-state index in [0.29, 0.717) is 11.3 Å². The molecule has 0 amide bonds. The monoisotopic (exact) mass is 181 g/mol. The Labute approximate surface area is 81.0 Å². The number of hydrogen-bond acceptors (Lipinski definition) is 2. The molecule has 2 heteroatoms. The van der Waals surface area contributed by atoms with Crippen LogP contribution in [0.3, 0.4) is 0 Å². The molecule has 0 aromatic heterocycles. The van der Waals surface area contributed by atoms with E-state index in [0.717, 1.165) is 0 Å². The van der Waals surface area contributed by atoms with Gasteiger partial charge in [0.25, 0.3) is 0 Å². The molecule has 0 bridgehead atoms. The van der Waals surface area contributed by atoms with Gasteiger partial charge >= 0.3 is 0 Å². The Bertz CT molecular complexity index is 214. The minimum atomic E-state index is -0.00995. The summed E-state index contributed by atoms with van der Waals surface area (Å²) >= 11 is 0. The third-order valence-electron chi connectivity index (χ3n) is 1.29. The van der Waals surface area contributed by atoms with Gasteiger partial charge in [0, 0.05) is 18.3 Å². The molecule has 0 aliphatic carbocycles. The molecule has 0 aromatic carbocycles. The molecule has 0 saturated heterocycles. The Morgan fingerprint density at radius 1 is 1.38 bits per heavy atom. The lowest BCUT2D eigenvalue weighted by Gasteiger charge is -2.04. The summed E-state index contributed by atoms with van der Waals surface area (Å²) in [6.45, 7) is 12.7. The van der Waals surface area contributed by atoms with Crippen molar-refractivity contribution in [2.24, 2.45) is 0 Å². The number of likely N-dealkylation sites (N-methyl/N-ethyl adjacent to an activating group) is 1. The van der Waals surface area contributed by atoms with Crippen LogP contribution in [-0.2, 0) is 4.79 Å². The molecular formula is C11H19NO. The fourth-order valence-electron chi connectivity index (χ4n) is 0.683. The number of hydrogen-bond donors (Lipinski definition) is 1. The van der Waals surface area contributed by atoms with Gasteiger partial charge in [-0.3, -0.25) is 4.79 Å². The largest absolute Gasteiger partial charge is 0.388 e. The number of carbonyl (C=O) groups is 1. The van der Waals surface area contributed by atoms with Crippen LogP contribution >= 0.6 is 0 Å². The Morgan fingerprint density at radius 3 is 2.08 bits per heavy atom. The van der Waals surface area contributed by atoms with E-state index in [-0.39, 0.29) is 5.78 Å². The van der Waals surface area contributed by atoms with E-state index in [9.17, 15) is 4.79 Å². The van der Waals surface area contributed by atoms with E-state index in [1.54, 1.807) is 19.2 Å². The maximum absolute atomic E-state index is 10.9. The lowest BCUT2D eigenvalue weighted by atomic mass is 10.1. The van der Waals surface area contributed by atoms with Gasteiger partial charge in [-0.05, 0) is 13.0 Å². The van der Waals surface area contributed by atoms with Gasteiger partial charge in [-0.15, -0.1) is 0 Å². The predicted molar refractivity (Wildman–Crippen MR) is 58.5 cm³/mol. The lowest BCUT2D eigenvalue weighted by Crippen LogP contribution is -2.11. The van der Waals surface area contributed by atoms with Crippen LogP contribution in [0.1, 0.15) is 20.8 Å². The van der Waals surface area contributed by atoms with Crippen molar-refractivity contribution in [2.75, 3.05) is 7.05 Å². The normalized spacial score (nSPS) is 9.38. The topological polar surface area (TPSA) is 29.1 Å². The van der Waals surface area contributed by atoms with E-state index >= 15 is 0 Å². The van der Waals surface area contributed by atoms with Crippen molar-refractivity contribution in [2.45, 2.75) is 20.8 Å². The highest BCUT2D eigenvalue weighted by Crippen LogP contribution is 2.04. The zero-order valence-corrected chi connectivity index (χ0v) is 8.98. The third-order valence-corrected chi connectivity index (χ3v) is 1.29. The molecule has 0 radical (unpaired) electrons. The summed E-state index contributed by atoms with van der Waals surface area (Å²) < 4.78 is 0. The van der Waals surface area contributed by atoms with E-state index in [1.807, 2.05) is 13.8 Å². The second-order valence-electron chi connectivity index (χ2n) is 2.10. The molecule has 0 aromatic rings. The van der Waals surface area contributed by atoms with Crippen molar-refractivity contribution in [1.82, 2.24) is 5.32 Å². The Kier molecular flexibility index (Phi) is 9.61. The van der Waals surface area contributed by atoms with E-state index in [2.05, 4.69) is 18.5 Å². The van der Waals surface area contributed by atoms with Gasteiger partial charge in [-0.1, -0.05) is 33.1 Å². The van der Waals surface area contributed by atoms with Crippen molar-refractivity contribution in [3.8, 4) is 0 Å². The third kappa shape index (κ3) is 5.91. The zero-order chi connectivity index (χ0) is 10.9. The van der Waals surface area contributed by atoms with Gasteiger partial charge in [-0.2, -0.15) is 0 Å². The number of rotatable bonds is 4. The van der Waals surface area contributed by atoms with Crippen LogP contribution in [0.2, 0.25) is 0 Å². The molecule has 13 heavy (non-hydrogen) atoms. The fraction of sp³-hybridized carbons (Fsp3) is 0.364. The molecule has 1 N–H and O–H groups in total. The van der Waals surface area contributed by atoms with Crippen LogP contribution in [0.15, 0.2) is 36.6 Å². The van der Waals surface area contributed by atoms with Crippen LogP contribution in [0.5, 0.6) is 0 Å². The van der Waals surface area contributed by atoms with Crippen LogP contribution in [0, 0.1) is 0 Å². The molecule has 74 valence electrons. The van der Waals surface area contributed by atoms with E-state index in [4.69, 9.17) is 0 Å². The summed E-state index contributed by atoms with van der Waals surface area (Å²) in [6.07, 6.45) is 3.21. The first-order valence-corrected chi connectivity index (χ1v) is 4.34. The average Bonchev–Trinajstić information content (AvgIpc) is 2.15. The molecule has 0 rings (SSSR count). The van der Waals surface area contributed by atoms with Crippen molar-refractivity contribution in [1.29, 1.82) is 0 Å². The highest BCUT2D eigenvalue weighted by molar-refractivity contribution is 5.97. The van der Waals surface area contributed by atoms with E-state index < -0.39 is 0 Å². The van der Waals surface area contributed by atoms with Crippen LogP contribution < -0.4 is 5.32 Å². The number of carbonyl (C=O) groups excluding carboxylic acids is 1. The maximum Gasteiger partial charge on any atom is 0.161 e. The second-order valence-corrected chi connectivity index (χ2v) is 2.10.